The Labute approximate surface area is 230 Å². The summed E-state index contributed by atoms with van der Waals surface area (Å²) in [5.74, 6) is 0. The maximum Gasteiger partial charge on any atom is 0.0462 e. The second kappa shape index (κ2) is 10.1. The monoisotopic (exact) mass is 533 g/mol. The summed E-state index contributed by atoms with van der Waals surface area (Å²) < 4.78 is 0. The van der Waals surface area contributed by atoms with Crippen molar-refractivity contribution < 1.29 is 0 Å². The van der Waals surface area contributed by atoms with Gasteiger partial charge in [0.2, 0.25) is 0 Å². The summed E-state index contributed by atoms with van der Waals surface area (Å²) >= 11 is 5.52. The Hall–Kier alpha value is -3.44. The van der Waals surface area contributed by atoms with Crippen LogP contribution < -0.4 is 4.90 Å². The summed E-state index contributed by atoms with van der Waals surface area (Å²) in [7, 11) is 0. The van der Waals surface area contributed by atoms with Gasteiger partial charge in [-0.05, 0) is 110 Å². The summed E-state index contributed by atoms with van der Waals surface area (Å²) in [4.78, 5) is 10.3. The molecule has 3 aromatic heterocycles. The van der Waals surface area contributed by atoms with Crippen molar-refractivity contribution in [2.45, 2.75) is 20.8 Å². The molecule has 0 spiro atoms. The van der Waals surface area contributed by atoms with Crippen LogP contribution in [0.2, 0.25) is 0 Å². The predicted octanol–water partition coefficient (Wildman–Crippen LogP) is 11.3. The maximum absolute atomic E-state index is 2.34. The molecule has 0 unspecified atom stereocenters. The van der Waals surface area contributed by atoms with Gasteiger partial charge in [-0.3, -0.25) is 0 Å². The molecule has 3 aromatic carbocycles. The molecule has 0 bridgehead atoms. The van der Waals surface area contributed by atoms with Gasteiger partial charge in [-0.2, -0.15) is 0 Å². The first-order chi connectivity index (χ1) is 18.0. The van der Waals surface area contributed by atoms with Crippen molar-refractivity contribution in [3.8, 4) is 31.3 Å². The topological polar surface area (TPSA) is 3.24 Å². The van der Waals surface area contributed by atoms with Gasteiger partial charge in [0.05, 0.1) is 0 Å². The summed E-state index contributed by atoms with van der Waals surface area (Å²) in [5, 5.41) is 0. The zero-order valence-corrected chi connectivity index (χ0v) is 23.5. The number of anilines is 3. The van der Waals surface area contributed by atoms with Gasteiger partial charge in [0.25, 0.3) is 0 Å². The standard InChI is InChI=1S/C33H27NS3/c1-22-4-19-31(35-22)25-7-13-28(14-8-25)34(29-15-9-26(10-16-29)32-20-5-23(2)36-32)30-17-11-27(12-18-30)33-21-6-24(3)37-33/h4-21H,1-3H3. The van der Waals surface area contributed by atoms with Gasteiger partial charge in [0.15, 0.2) is 0 Å². The molecule has 0 aliphatic heterocycles. The number of hydrogen-bond donors (Lipinski definition) is 0. The van der Waals surface area contributed by atoms with Crippen LogP contribution in [0.4, 0.5) is 17.1 Å². The van der Waals surface area contributed by atoms with E-state index in [1.165, 1.54) is 46.0 Å². The number of rotatable bonds is 6. The molecule has 0 amide bonds. The lowest BCUT2D eigenvalue weighted by molar-refractivity contribution is 1.28. The first kappa shape index (κ1) is 23.9. The molecular weight excluding hydrogens is 507 g/mol. The second-order valence-electron chi connectivity index (χ2n) is 9.21. The van der Waals surface area contributed by atoms with Gasteiger partial charge in [-0.1, -0.05) is 36.4 Å². The predicted molar refractivity (Wildman–Crippen MR) is 165 cm³/mol. The van der Waals surface area contributed by atoms with Crippen LogP contribution in [0, 0.1) is 20.8 Å². The van der Waals surface area contributed by atoms with Crippen LogP contribution in [-0.4, -0.2) is 0 Å². The molecule has 6 rings (SSSR count). The smallest absolute Gasteiger partial charge is 0.0462 e. The van der Waals surface area contributed by atoms with Crippen LogP contribution in [0.15, 0.2) is 109 Å². The summed E-state index contributed by atoms with van der Waals surface area (Å²) in [6, 6.07) is 40.0. The highest BCUT2D eigenvalue weighted by molar-refractivity contribution is 7.16. The minimum atomic E-state index is 1.15. The average Bonchev–Trinajstić information content (AvgIpc) is 3.67. The van der Waals surface area contributed by atoms with Crippen LogP contribution >= 0.6 is 34.0 Å². The Morgan fingerprint density at radius 3 is 0.838 bits per heavy atom. The minimum absolute atomic E-state index is 1.15. The highest BCUT2D eigenvalue weighted by Gasteiger charge is 2.14. The van der Waals surface area contributed by atoms with E-state index in [4.69, 9.17) is 0 Å². The van der Waals surface area contributed by atoms with Crippen LogP contribution in [0.3, 0.4) is 0 Å². The van der Waals surface area contributed by atoms with Crippen molar-refractivity contribution in [1.29, 1.82) is 0 Å². The van der Waals surface area contributed by atoms with Gasteiger partial charge in [0, 0.05) is 46.3 Å². The van der Waals surface area contributed by atoms with E-state index < -0.39 is 0 Å². The van der Waals surface area contributed by atoms with Gasteiger partial charge in [0.1, 0.15) is 0 Å². The lowest BCUT2D eigenvalue weighted by atomic mass is 10.1. The number of benzene rings is 3. The first-order valence-electron chi connectivity index (χ1n) is 12.3. The molecule has 0 fully saturated rings. The molecule has 0 N–H and O–H groups in total. The Bertz CT molecular complexity index is 1430. The van der Waals surface area contributed by atoms with Crippen LogP contribution in [0.1, 0.15) is 14.6 Å². The van der Waals surface area contributed by atoms with E-state index in [0.717, 1.165) is 17.1 Å². The Morgan fingerprint density at radius 2 is 0.622 bits per heavy atom. The highest BCUT2D eigenvalue weighted by Crippen LogP contribution is 2.39. The van der Waals surface area contributed by atoms with Crippen molar-refractivity contribution in [2.24, 2.45) is 0 Å². The third-order valence-corrected chi connectivity index (χ3v) is 9.60. The van der Waals surface area contributed by atoms with E-state index in [0.29, 0.717) is 0 Å². The lowest BCUT2D eigenvalue weighted by Crippen LogP contribution is -2.09. The van der Waals surface area contributed by atoms with Gasteiger partial charge >= 0.3 is 0 Å². The SMILES string of the molecule is Cc1ccc(-c2ccc(N(c3ccc(-c4ccc(C)s4)cc3)c3ccc(-c4ccc(C)s4)cc3)cc2)s1. The molecule has 0 aliphatic rings. The van der Waals surface area contributed by atoms with E-state index in [2.05, 4.69) is 135 Å². The average molecular weight is 534 g/mol. The largest absolute Gasteiger partial charge is 0.311 e. The van der Waals surface area contributed by atoms with Crippen molar-refractivity contribution >= 4 is 51.1 Å². The van der Waals surface area contributed by atoms with Gasteiger partial charge < -0.3 is 4.90 Å². The van der Waals surface area contributed by atoms with Crippen LogP contribution in [0.25, 0.3) is 31.3 Å². The molecule has 0 radical (unpaired) electrons. The van der Waals surface area contributed by atoms with E-state index in [-0.39, 0.29) is 0 Å². The molecule has 0 saturated heterocycles. The Balaban J connectivity index is 1.38. The Kier molecular flexibility index (Phi) is 6.56. The quantitative estimate of drug-likeness (QED) is 0.206. The molecule has 182 valence electrons. The number of nitrogens with zero attached hydrogens (tertiary/aromatic N) is 1. The van der Waals surface area contributed by atoms with E-state index in [9.17, 15) is 0 Å². The first-order valence-corrected chi connectivity index (χ1v) is 14.8. The van der Waals surface area contributed by atoms with Gasteiger partial charge in [-0.25, -0.2) is 0 Å². The fourth-order valence-electron chi connectivity index (χ4n) is 4.54. The van der Waals surface area contributed by atoms with Crippen molar-refractivity contribution in [3.05, 3.63) is 124 Å². The summed E-state index contributed by atoms with van der Waals surface area (Å²) in [6.45, 7) is 6.48. The molecule has 0 aliphatic carbocycles. The van der Waals surface area contributed by atoms with Crippen LogP contribution in [0.5, 0.6) is 0 Å². The molecular formula is C33H27NS3. The molecule has 1 nitrogen and oxygen atoms in total. The third kappa shape index (κ3) is 5.05. The summed E-state index contributed by atoms with van der Waals surface area (Å²) in [6.07, 6.45) is 0. The third-order valence-electron chi connectivity index (χ3n) is 6.45. The fraction of sp³-hybridized carbons (Fsp3) is 0.0909. The van der Waals surface area contributed by atoms with Crippen molar-refractivity contribution in [1.82, 2.24) is 0 Å². The molecule has 3 heterocycles. The molecule has 37 heavy (non-hydrogen) atoms. The highest BCUT2D eigenvalue weighted by atomic mass is 32.1. The number of thiophene rings is 3. The Morgan fingerprint density at radius 1 is 0.351 bits per heavy atom. The normalized spacial score (nSPS) is 11.1. The van der Waals surface area contributed by atoms with Gasteiger partial charge in [-0.15, -0.1) is 34.0 Å². The van der Waals surface area contributed by atoms with Crippen LogP contribution in [-0.2, 0) is 0 Å². The zero-order valence-electron chi connectivity index (χ0n) is 21.1. The summed E-state index contributed by atoms with van der Waals surface area (Å²) in [5.41, 5.74) is 7.22. The van der Waals surface area contributed by atoms with E-state index in [1.807, 2.05) is 34.0 Å². The van der Waals surface area contributed by atoms with Crippen molar-refractivity contribution in [2.75, 3.05) is 4.90 Å². The van der Waals surface area contributed by atoms with E-state index >= 15 is 0 Å². The molecule has 4 heteroatoms. The number of aryl methyl sites for hydroxylation is 3. The van der Waals surface area contributed by atoms with E-state index in [1.54, 1.807) is 0 Å². The lowest BCUT2D eigenvalue weighted by Gasteiger charge is -2.26. The molecule has 0 saturated carbocycles. The zero-order chi connectivity index (χ0) is 25.4. The second-order valence-corrected chi connectivity index (χ2v) is 13.1. The molecule has 6 aromatic rings. The fourth-order valence-corrected chi connectivity index (χ4v) is 7.16. The number of hydrogen-bond acceptors (Lipinski definition) is 4. The maximum atomic E-state index is 2.34. The molecule has 0 atom stereocenters. The van der Waals surface area contributed by atoms with Crippen molar-refractivity contribution in [3.63, 3.8) is 0 Å². The minimum Gasteiger partial charge on any atom is -0.311 e.